The fourth-order valence-corrected chi connectivity index (χ4v) is 2.53. The first-order valence-electron chi connectivity index (χ1n) is 8.74. The van der Waals surface area contributed by atoms with Gasteiger partial charge in [-0.15, -0.1) is 0 Å². The van der Waals surface area contributed by atoms with Crippen molar-refractivity contribution >= 4 is 11.8 Å². The molecule has 2 aromatic rings. The quantitative estimate of drug-likeness (QED) is 0.771. The molecule has 4 nitrogen and oxygen atoms in total. The van der Waals surface area contributed by atoms with Crippen molar-refractivity contribution < 1.29 is 9.59 Å². The molecule has 2 aromatic carbocycles. The lowest BCUT2D eigenvalue weighted by Crippen LogP contribution is -2.34. The number of hydrogen-bond acceptors (Lipinski definition) is 2. The molecular formula is C21H26N2O2. The molecule has 0 aliphatic rings. The van der Waals surface area contributed by atoms with Crippen LogP contribution in [0.25, 0.3) is 0 Å². The monoisotopic (exact) mass is 338 g/mol. The van der Waals surface area contributed by atoms with Crippen molar-refractivity contribution in [1.82, 2.24) is 10.6 Å². The fourth-order valence-electron chi connectivity index (χ4n) is 2.53. The zero-order valence-corrected chi connectivity index (χ0v) is 14.9. The van der Waals surface area contributed by atoms with Crippen molar-refractivity contribution in [2.45, 2.75) is 32.7 Å². The number of nitrogens with one attached hydrogen (secondary N) is 2. The van der Waals surface area contributed by atoms with Gasteiger partial charge in [0.15, 0.2) is 0 Å². The van der Waals surface area contributed by atoms with E-state index in [0.717, 1.165) is 12.0 Å². The molecule has 0 spiro atoms. The van der Waals surface area contributed by atoms with Crippen LogP contribution in [0.4, 0.5) is 0 Å². The highest BCUT2D eigenvalue weighted by Gasteiger charge is 2.19. The molecule has 2 amide bonds. The van der Waals surface area contributed by atoms with Crippen molar-refractivity contribution in [2.75, 3.05) is 6.54 Å². The number of rotatable bonds is 8. The highest BCUT2D eigenvalue weighted by molar-refractivity contribution is 5.94. The molecule has 1 atom stereocenters. The van der Waals surface area contributed by atoms with Crippen LogP contribution in [0.5, 0.6) is 0 Å². The maximum Gasteiger partial charge on any atom is 0.251 e. The highest BCUT2D eigenvalue weighted by atomic mass is 16.2. The van der Waals surface area contributed by atoms with Gasteiger partial charge in [-0.05, 0) is 30.0 Å². The number of amides is 2. The molecule has 0 unspecified atom stereocenters. The Labute approximate surface area is 149 Å². The van der Waals surface area contributed by atoms with Crippen LogP contribution in [0.1, 0.15) is 48.7 Å². The van der Waals surface area contributed by atoms with Gasteiger partial charge in [0.05, 0.1) is 12.5 Å². The number of benzene rings is 2. The van der Waals surface area contributed by atoms with Crippen LogP contribution in [0.2, 0.25) is 0 Å². The summed E-state index contributed by atoms with van der Waals surface area (Å²) in [6.45, 7) is 4.91. The third-order valence-electron chi connectivity index (χ3n) is 3.98. The average molecular weight is 338 g/mol. The summed E-state index contributed by atoms with van der Waals surface area (Å²) >= 11 is 0. The normalized spacial score (nSPS) is 11.8. The van der Waals surface area contributed by atoms with Crippen molar-refractivity contribution in [3.8, 4) is 0 Å². The molecule has 25 heavy (non-hydrogen) atoms. The summed E-state index contributed by atoms with van der Waals surface area (Å²) in [5, 5.41) is 5.92. The zero-order chi connectivity index (χ0) is 18.1. The summed E-state index contributed by atoms with van der Waals surface area (Å²) < 4.78 is 0. The van der Waals surface area contributed by atoms with Crippen LogP contribution >= 0.6 is 0 Å². The van der Waals surface area contributed by atoms with Gasteiger partial charge in [-0.1, -0.05) is 62.4 Å². The molecule has 0 aliphatic heterocycles. The minimum absolute atomic E-state index is 0.0529. The smallest absolute Gasteiger partial charge is 0.251 e. The first-order valence-corrected chi connectivity index (χ1v) is 8.74. The Balaban J connectivity index is 2.03. The summed E-state index contributed by atoms with van der Waals surface area (Å²) in [4.78, 5) is 24.7. The highest BCUT2D eigenvalue weighted by Crippen LogP contribution is 2.17. The van der Waals surface area contributed by atoms with Gasteiger partial charge in [0.25, 0.3) is 5.91 Å². The van der Waals surface area contributed by atoms with Crippen molar-refractivity contribution in [3.63, 3.8) is 0 Å². The molecule has 0 radical (unpaired) electrons. The van der Waals surface area contributed by atoms with Gasteiger partial charge in [-0.3, -0.25) is 9.59 Å². The standard InChI is InChI=1S/C21H26N2O2/c1-16(2)13-14-22-20(24)15-19(17-9-5-3-6-10-17)23-21(25)18-11-7-4-8-12-18/h3-12,16,19H,13-15H2,1-2H3,(H,22,24)(H,23,25)/t19-/m0/s1. The summed E-state index contributed by atoms with van der Waals surface area (Å²) in [6.07, 6.45) is 1.17. The lowest BCUT2D eigenvalue weighted by Gasteiger charge is -2.19. The van der Waals surface area contributed by atoms with E-state index in [1.807, 2.05) is 48.5 Å². The second kappa shape index (κ2) is 9.62. The lowest BCUT2D eigenvalue weighted by molar-refractivity contribution is -0.121. The molecule has 0 aliphatic carbocycles. The molecule has 0 saturated heterocycles. The number of hydrogen-bond donors (Lipinski definition) is 2. The Morgan fingerprint density at radius 3 is 2.12 bits per heavy atom. The summed E-state index contributed by atoms with van der Waals surface area (Å²) in [7, 11) is 0. The van der Waals surface area contributed by atoms with Gasteiger partial charge in [0.1, 0.15) is 0 Å². The van der Waals surface area contributed by atoms with E-state index in [-0.39, 0.29) is 24.3 Å². The Hall–Kier alpha value is -2.62. The Bertz CT molecular complexity index is 669. The van der Waals surface area contributed by atoms with Crippen LogP contribution < -0.4 is 10.6 Å². The molecular weight excluding hydrogens is 312 g/mol. The first kappa shape index (κ1) is 18.7. The number of carbonyl (C=O) groups is 2. The minimum Gasteiger partial charge on any atom is -0.356 e. The molecule has 2 N–H and O–H groups in total. The van der Waals surface area contributed by atoms with E-state index in [1.54, 1.807) is 12.1 Å². The molecule has 0 aromatic heterocycles. The number of carbonyl (C=O) groups excluding carboxylic acids is 2. The zero-order valence-electron chi connectivity index (χ0n) is 14.9. The maximum absolute atomic E-state index is 12.5. The summed E-state index contributed by atoms with van der Waals surface area (Å²) in [6, 6.07) is 18.3. The Kier molecular flexibility index (Phi) is 7.20. The van der Waals surface area contributed by atoms with E-state index in [9.17, 15) is 9.59 Å². The molecule has 0 heterocycles. The van der Waals surface area contributed by atoms with Gasteiger partial charge in [0, 0.05) is 12.1 Å². The third-order valence-corrected chi connectivity index (χ3v) is 3.98. The van der Waals surface area contributed by atoms with E-state index >= 15 is 0 Å². The third kappa shape index (κ3) is 6.42. The minimum atomic E-state index is -0.354. The topological polar surface area (TPSA) is 58.2 Å². The second-order valence-electron chi connectivity index (χ2n) is 6.54. The van der Waals surface area contributed by atoms with Gasteiger partial charge in [-0.25, -0.2) is 0 Å². The predicted molar refractivity (Wildman–Crippen MR) is 100 cm³/mol. The Morgan fingerprint density at radius 1 is 0.920 bits per heavy atom. The van der Waals surface area contributed by atoms with Crippen LogP contribution in [-0.4, -0.2) is 18.4 Å². The van der Waals surface area contributed by atoms with Crippen LogP contribution in [0, 0.1) is 5.92 Å². The predicted octanol–water partition coefficient (Wildman–Crippen LogP) is 3.71. The van der Waals surface area contributed by atoms with Crippen molar-refractivity contribution in [2.24, 2.45) is 5.92 Å². The summed E-state index contributed by atoms with van der Waals surface area (Å²) in [5.74, 6) is 0.315. The van der Waals surface area contributed by atoms with E-state index in [0.29, 0.717) is 18.0 Å². The van der Waals surface area contributed by atoms with Gasteiger partial charge in [-0.2, -0.15) is 0 Å². The van der Waals surface area contributed by atoms with Crippen molar-refractivity contribution in [3.05, 3.63) is 71.8 Å². The van der Waals surface area contributed by atoms with Crippen molar-refractivity contribution in [1.29, 1.82) is 0 Å². The second-order valence-corrected chi connectivity index (χ2v) is 6.54. The molecule has 0 bridgehead atoms. The van der Waals surface area contributed by atoms with E-state index in [4.69, 9.17) is 0 Å². The summed E-state index contributed by atoms with van der Waals surface area (Å²) in [5.41, 5.74) is 1.51. The molecule has 0 saturated carbocycles. The maximum atomic E-state index is 12.5. The largest absolute Gasteiger partial charge is 0.356 e. The molecule has 4 heteroatoms. The SMILES string of the molecule is CC(C)CCNC(=O)C[C@H](NC(=O)c1ccccc1)c1ccccc1. The average Bonchev–Trinajstić information content (AvgIpc) is 2.62. The van der Waals surface area contributed by atoms with E-state index in [1.165, 1.54) is 0 Å². The fraction of sp³-hybridized carbons (Fsp3) is 0.333. The lowest BCUT2D eigenvalue weighted by atomic mass is 10.0. The van der Waals surface area contributed by atoms with E-state index in [2.05, 4.69) is 24.5 Å². The van der Waals surface area contributed by atoms with Gasteiger partial charge < -0.3 is 10.6 Å². The molecule has 0 fully saturated rings. The van der Waals surface area contributed by atoms with Crippen LogP contribution in [-0.2, 0) is 4.79 Å². The first-order chi connectivity index (χ1) is 12.1. The Morgan fingerprint density at radius 2 is 1.52 bits per heavy atom. The van der Waals surface area contributed by atoms with Crippen LogP contribution in [0.15, 0.2) is 60.7 Å². The molecule has 2 rings (SSSR count). The van der Waals surface area contributed by atoms with E-state index < -0.39 is 0 Å². The van der Waals surface area contributed by atoms with Crippen LogP contribution in [0.3, 0.4) is 0 Å². The molecule has 132 valence electrons. The van der Waals surface area contributed by atoms with Gasteiger partial charge >= 0.3 is 0 Å². The van der Waals surface area contributed by atoms with Gasteiger partial charge in [0.2, 0.25) is 5.91 Å².